The molecule has 14 heavy (non-hydrogen) atoms. The molecule has 2 heteroatoms. The van der Waals surface area contributed by atoms with E-state index in [2.05, 4.69) is 26.1 Å². The van der Waals surface area contributed by atoms with Crippen LogP contribution in [0.5, 0.6) is 0 Å². The molecule has 0 spiro atoms. The molecule has 0 aliphatic carbocycles. The number of ketones is 1. The fourth-order valence-corrected chi connectivity index (χ4v) is 1.83. The molecule has 0 aromatic carbocycles. The molecule has 2 nitrogen and oxygen atoms in total. The molecule has 0 radical (unpaired) electrons. The third-order valence-electron chi connectivity index (χ3n) is 2.83. The van der Waals surface area contributed by atoms with Crippen LogP contribution in [0.25, 0.3) is 0 Å². The van der Waals surface area contributed by atoms with E-state index < -0.39 is 0 Å². The monoisotopic (exact) mass is 197 g/mol. The van der Waals surface area contributed by atoms with Gasteiger partial charge in [0, 0.05) is 12.8 Å². The molecular formula is C12H23NO. The quantitative estimate of drug-likeness (QED) is 0.749. The summed E-state index contributed by atoms with van der Waals surface area (Å²) in [5.41, 5.74) is 0.295. The number of nitrogens with one attached hydrogen (secondary N) is 1. The normalized spacial score (nSPS) is 22.6. The largest absolute Gasteiger partial charge is 0.316 e. The maximum atomic E-state index is 11.6. The van der Waals surface area contributed by atoms with Crippen LogP contribution in [0.1, 0.15) is 46.5 Å². The molecule has 0 aromatic rings. The van der Waals surface area contributed by atoms with Crippen LogP contribution in [0.15, 0.2) is 0 Å². The predicted molar refractivity (Wildman–Crippen MR) is 59.3 cm³/mol. The predicted octanol–water partition coefficient (Wildman–Crippen LogP) is 2.38. The van der Waals surface area contributed by atoms with Crippen LogP contribution in [0.2, 0.25) is 0 Å². The van der Waals surface area contributed by atoms with Crippen LogP contribution in [-0.4, -0.2) is 18.9 Å². The van der Waals surface area contributed by atoms with Crippen LogP contribution in [0.4, 0.5) is 0 Å². The molecular weight excluding hydrogens is 174 g/mol. The van der Waals surface area contributed by atoms with Crippen molar-refractivity contribution >= 4 is 5.78 Å². The lowest BCUT2D eigenvalue weighted by molar-refractivity contribution is -0.120. The number of Topliss-reactive ketones (excluding diaryl/α,β-unsaturated/α-hetero) is 1. The summed E-state index contributed by atoms with van der Waals surface area (Å²) in [5.74, 6) is 1.07. The van der Waals surface area contributed by atoms with Crippen molar-refractivity contribution in [3.05, 3.63) is 0 Å². The van der Waals surface area contributed by atoms with E-state index in [1.807, 2.05) is 0 Å². The van der Waals surface area contributed by atoms with E-state index in [0.29, 0.717) is 17.1 Å². The molecule has 1 heterocycles. The Bertz CT molecular complexity index is 187. The van der Waals surface area contributed by atoms with Crippen molar-refractivity contribution in [3.8, 4) is 0 Å². The summed E-state index contributed by atoms with van der Waals surface area (Å²) in [6.07, 6.45) is 3.76. The van der Waals surface area contributed by atoms with Gasteiger partial charge in [0.25, 0.3) is 0 Å². The second kappa shape index (κ2) is 4.92. The van der Waals surface area contributed by atoms with Crippen molar-refractivity contribution in [3.63, 3.8) is 0 Å². The van der Waals surface area contributed by atoms with Crippen molar-refractivity contribution in [2.45, 2.75) is 46.5 Å². The summed E-state index contributed by atoms with van der Waals surface area (Å²) in [7, 11) is 0. The van der Waals surface area contributed by atoms with E-state index in [9.17, 15) is 4.79 Å². The second-order valence-electron chi connectivity index (χ2n) is 5.66. The summed E-state index contributed by atoms with van der Waals surface area (Å²) in [6.45, 7) is 8.71. The van der Waals surface area contributed by atoms with Crippen molar-refractivity contribution in [1.29, 1.82) is 0 Å². The van der Waals surface area contributed by atoms with Crippen LogP contribution in [-0.2, 0) is 4.79 Å². The topological polar surface area (TPSA) is 29.1 Å². The van der Waals surface area contributed by atoms with Crippen LogP contribution in [0, 0.1) is 11.3 Å². The average Bonchev–Trinajstić information content (AvgIpc) is 2.52. The number of hydrogen-bond acceptors (Lipinski definition) is 2. The van der Waals surface area contributed by atoms with E-state index in [0.717, 1.165) is 32.4 Å². The van der Waals surface area contributed by atoms with Gasteiger partial charge in [0.15, 0.2) is 0 Å². The molecule has 0 aromatic heterocycles. The summed E-state index contributed by atoms with van der Waals surface area (Å²) in [4.78, 5) is 11.6. The van der Waals surface area contributed by atoms with Gasteiger partial charge in [0.2, 0.25) is 0 Å². The Labute approximate surface area is 87.5 Å². The highest BCUT2D eigenvalue weighted by Crippen LogP contribution is 2.22. The zero-order chi connectivity index (χ0) is 10.6. The lowest BCUT2D eigenvalue weighted by Crippen LogP contribution is -2.14. The maximum absolute atomic E-state index is 11.6. The molecule has 1 unspecified atom stereocenters. The fourth-order valence-electron chi connectivity index (χ4n) is 1.83. The summed E-state index contributed by atoms with van der Waals surface area (Å²) < 4.78 is 0. The standard InChI is InChI=1S/C12H23NO/c1-12(2,3)6-4-11(14)8-10-5-7-13-9-10/h10,13H,4-9H2,1-3H3. The SMILES string of the molecule is CC(C)(C)CCC(=O)CC1CCNC1. The highest BCUT2D eigenvalue weighted by molar-refractivity contribution is 5.78. The Morgan fingerprint density at radius 2 is 2.14 bits per heavy atom. The minimum Gasteiger partial charge on any atom is -0.316 e. The zero-order valence-electron chi connectivity index (χ0n) is 9.73. The maximum Gasteiger partial charge on any atom is 0.133 e. The summed E-state index contributed by atoms with van der Waals surface area (Å²) in [6, 6.07) is 0. The molecule has 1 N–H and O–H groups in total. The molecule has 82 valence electrons. The van der Waals surface area contributed by atoms with Crippen molar-refractivity contribution in [2.75, 3.05) is 13.1 Å². The van der Waals surface area contributed by atoms with Gasteiger partial charge in [-0.3, -0.25) is 4.79 Å². The zero-order valence-corrected chi connectivity index (χ0v) is 9.73. The number of carbonyl (C=O) groups is 1. The van der Waals surface area contributed by atoms with Gasteiger partial charge in [-0.05, 0) is 37.3 Å². The minimum atomic E-state index is 0.295. The second-order valence-corrected chi connectivity index (χ2v) is 5.66. The van der Waals surface area contributed by atoms with Gasteiger partial charge in [-0.1, -0.05) is 20.8 Å². The van der Waals surface area contributed by atoms with Gasteiger partial charge in [-0.15, -0.1) is 0 Å². The van der Waals surface area contributed by atoms with Crippen LogP contribution >= 0.6 is 0 Å². The summed E-state index contributed by atoms with van der Waals surface area (Å²) >= 11 is 0. The molecule has 0 amide bonds. The molecule has 1 atom stereocenters. The van der Waals surface area contributed by atoms with E-state index in [-0.39, 0.29) is 0 Å². The molecule has 0 bridgehead atoms. The first-order valence-corrected chi connectivity index (χ1v) is 5.70. The van der Waals surface area contributed by atoms with Gasteiger partial charge in [-0.2, -0.15) is 0 Å². The Hall–Kier alpha value is -0.370. The van der Waals surface area contributed by atoms with Gasteiger partial charge in [0.05, 0.1) is 0 Å². The van der Waals surface area contributed by atoms with Crippen LogP contribution in [0.3, 0.4) is 0 Å². The first kappa shape index (κ1) is 11.7. The Balaban J connectivity index is 2.15. The van der Waals surface area contributed by atoms with E-state index in [1.54, 1.807) is 0 Å². The highest BCUT2D eigenvalue weighted by atomic mass is 16.1. The number of carbonyl (C=O) groups excluding carboxylic acids is 1. The Morgan fingerprint density at radius 1 is 1.43 bits per heavy atom. The molecule has 1 saturated heterocycles. The number of hydrogen-bond donors (Lipinski definition) is 1. The lowest BCUT2D eigenvalue weighted by Gasteiger charge is -2.17. The molecule has 1 aliphatic heterocycles. The van der Waals surface area contributed by atoms with Gasteiger partial charge >= 0.3 is 0 Å². The average molecular weight is 197 g/mol. The Kier molecular flexibility index (Phi) is 4.11. The lowest BCUT2D eigenvalue weighted by atomic mass is 9.88. The molecule has 1 rings (SSSR count). The fraction of sp³-hybridized carbons (Fsp3) is 0.917. The van der Waals surface area contributed by atoms with Gasteiger partial charge in [0.1, 0.15) is 5.78 Å². The molecule has 1 fully saturated rings. The van der Waals surface area contributed by atoms with Crippen molar-refractivity contribution < 1.29 is 4.79 Å². The van der Waals surface area contributed by atoms with Crippen molar-refractivity contribution in [1.82, 2.24) is 5.32 Å². The van der Waals surface area contributed by atoms with E-state index in [4.69, 9.17) is 0 Å². The number of rotatable bonds is 4. The smallest absolute Gasteiger partial charge is 0.133 e. The molecule has 1 aliphatic rings. The molecule has 0 saturated carbocycles. The first-order chi connectivity index (χ1) is 6.47. The van der Waals surface area contributed by atoms with E-state index >= 15 is 0 Å². The van der Waals surface area contributed by atoms with Crippen molar-refractivity contribution in [2.24, 2.45) is 11.3 Å². The highest BCUT2D eigenvalue weighted by Gasteiger charge is 2.19. The van der Waals surface area contributed by atoms with E-state index in [1.165, 1.54) is 6.42 Å². The Morgan fingerprint density at radius 3 is 2.64 bits per heavy atom. The van der Waals surface area contributed by atoms with Gasteiger partial charge in [-0.25, -0.2) is 0 Å². The third-order valence-corrected chi connectivity index (χ3v) is 2.83. The third kappa shape index (κ3) is 4.75. The first-order valence-electron chi connectivity index (χ1n) is 5.70. The van der Waals surface area contributed by atoms with Gasteiger partial charge < -0.3 is 5.32 Å². The summed E-state index contributed by atoms with van der Waals surface area (Å²) in [5, 5.41) is 3.30. The van der Waals surface area contributed by atoms with Crippen LogP contribution < -0.4 is 5.32 Å². The minimum absolute atomic E-state index is 0.295.